The first-order valence-electron chi connectivity index (χ1n) is 8.33. The minimum Gasteiger partial charge on any atom is -0.477 e. The number of hydrogen-bond donors (Lipinski definition) is 2. The van der Waals surface area contributed by atoms with Crippen molar-refractivity contribution in [2.75, 3.05) is 0 Å². The lowest BCUT2D eigenvalue weighted by Gasteiger charge is -2.12. The van der Waals surface area contributed by atoms with Crippen LogP contribution in [0.4, 0.5) is 13.2 Å². The van der Waals surface area contributed by atoms with E-state index in [9.17, 15) is 27.9 Å². The zero-order chi connectivity index (χ0) is 21.0. The van der Waals surface area contributed by atoms with Gasteiger partial charge in [-0.3, -0.25) is 4.79 Å². The predicted octanol–water partition coefficient (Wildman–Crippen LogP) is 4.82. The van der Waals surface area contributed by atoms with Gasteiger partial charge < -0.3 is 14.8 Å². The van der Waals surface area contributed by atoms with Crippen molar-refractivity contribution in [3.63, 3.8) is 0 Å². The van der Waals surface area contributed by atoms with Crippen LogP contribution in [0.15, 0.2) is 76.8 Å². The Balaban J connectivity index is 1.88. The van der Waals surface area contributed by atoms with E-state index >= 15 is 0 Å². The monoisotopic (exact) mass is 401 g/mol. The minimum atomic E-state index is -4.76. The molecular weight excluding hydrogens is 387 g/mol. The first-order chi connectivity index (χ1) is 13.8. The molecule has 3 aromatic rings. The van der Waals surface area contributed by atoms with Crippen molar-refractivity contribution >= 4 is 18.0 Å². The van der Waals surface area contributed by atoms with Gasteiger partial charge in [0.1, 0.15) is 17.2 Å². The molecular formula is C21H14F3NO4. The van der Waals surface area contributed by atoms with Gasteiger partial charge in [0.25, 0.3) is 5.91 Å². The Morgan fingerprint density at radius 2 is 1.59 bits per heavy atom. The van der Waals surface area contributed by atoms with Crippen molar-refractivity contribution in [1.29, 1.82) is 0 Å². The average molecular weight is 401 g/mol. The van der Waals surface area contributed by atoms with Crippen LogP contribution in [0.2, 0.25) is 0 Å². The third kappa shape index (κ3) is 4.73. The van der Waals surface area contributed by atoms with Gasteiger partial charge in [0.2, 0.25) is 0 Å². The smallest absolute Gasteiger partial charge is 0.417 e. The number of amides is 1. The third-order valence-corrected chi connectivity index (χ3v) is 3.93. The molecule has 148 valence electrons. The summed E-state index contributed by atoms with van der Waals surface area (Å²) in [6, 6.07) is 16.2. The molecule has 0 aliphatic carbocycles. The molecule has 0 radical (unpaired) electrons. The number of carboxylic acid groups (broad SMARTS) is 1. The maximum absolute atomic E-state index is 13.1. The van der Waals surface area contributed by atoms with Gasteiger partial charge in [-0.25, -0.2) is 4.79 Å². The lowest BCUT2D eigenvalue weighted by atomic mass is 10.1. The van der Waals surface area contributed by atoms with Crippen LogP contribution in [-0.2, 0) is 11.0 Å². The molecule has 0 bridgehead atoms. The summed E-state index contributed by atoms with van der Waals surface area (Å²) < 4.78 is 44.8. The summed E-state index contributed by atoms with van der Waals surface area (Å²) in [5, 5.41) is 11.3. The molecule has 8 heteroatoms. The van der Waals surface area contributed by atoms with E-state index in [-0.39, 0.29) is 5.76 Å². The SMILES string of the molecule is O=C(O)/C(=C\c1ccc(-c2ccccc2)o1)NC(=O)c1ccccc1C(F)(F)F. The van der Waals surface area contributed by atoms with Gasteiger partial charge in [0.05, 0.1) is 11.1 Å². The Kier molecular flexibility index (Phi) is 5.54. The highest BCUT2D eigenvalue weighted by atomic mass is 19.4. The highest BCUT2D eigenvalue weighted by Crippen LogP contribution is 2.32. The topological polar surface area (TPSA) is 79.5 Å². The predicted molar refractivity (Wildman–Crippen MR) is 98.7 cm³/mol. The fraction of sp³-hybridized carbons (Fsp3) is 0.0476. The van der Waals surface area contributed by atoms with E-state index in [1.165, 1.54) is 12.1 Å². The van der Waals surface area contributed by atoms with Crippen molar-refractivity contribution < 1.29 is 32.3 Å². The van der Waals surface area contributed by atoms with Crippen LogP contribution in [0.25, 0.3) is 17.4 Å². The summed E-state index contributed by atoms with van der Waals surface area (Å²) >= 11 is 0. The summed E-state index contributed by atoms with van der Waals surface area (Å²) in [7, 11) is 0. The van der Waals surface area contributed by atoms with E-state index in [0.717, 1.165) is 29.8 Å². The quantitative estimate of drug-likeness (QED) is 0.601. The standard InChI is InChI=1S/C21H14F3NO4/c22-21(23,24)16-9-5-4-8-15(16)19(26)25-17(20(27)28)12-14-10-11-18(29-14)13-6-2-1-3-7-13/h1-12H,(H,25,26)(H,27,28)/b17-12+. The maximum atomic E-state index is 13.1. The van der Waals surface area contributed by atoms with Gasteiger partial charge in [-0.15, -0.1) is 0 Å². The maximum Gasteiger partial charge on any atom is 0.417 e. The van der Waals surface area contributed by atoms with E-state index in [2.05, 4.69) is 0 Å². The first-order valence-corrected chi connectivity index (χ1v) is 8.33. The van der Waals surface area contributed by atoms with Crippen molar-refractivity contribution in [2.45, 2.75) is 6.18 Å². The van der Waals surface area contributed by atoms with Crippen LogP contribution in [0, 0.1) is 0 Å². The third-order valence-electron chi connectivity index (χ3n) is 3.93. The molecule has 0 spiro atoms. The van der Waals surface area contributed by atoms with Crippen LogP contribution >= 0.6 is 0 Å². The second kappa shape index (κ2) is 8.05. The summed E-state index contributed by atoms with van der Waals surface area (Å²) in [5.74, 6) is -2.14. The highest BCUT2D eigenvalue weighted by Gasteiger charge is 2.35. The summed E-state index contributed by atoms with van der Waals surface area (Å²) in [6.07, 6.45) is -3.73. The van der Waals surface area contributed by atoms with Gasteiger partial charge in [-0.1, -0.05) is 42.5 Å². The van der Waals surface area contributed by atoms with E-state index in [4.69, 9.17) is 4.42 Å². The van der Waals surface area contributed by atoms with Crippen LogP contribution in [0.3, 0.4) is 0 Å². The van der Waals surface area contributed by atoms with Crippen LogP contribution in [0.5, 0.6) is 0 Å². The van der Waals surface area contributed by atoms with Gasteiger partial charge in [0, 0.05) is 11.6 Å². The average Bonchev–Trinajstić information content (AvgIpc) is 3.16. The largest absolute Gasteiger partial charge is 0.477 e. The summed E-state index contributed by atoms with van der Waals surface area (Å²) in [6.45, 7) is 0. The number of rotatable bonds is 5. The second-order valence-corrected chi connectivity index (χ2v) is 5.93. The molecule has 0 saturated carbocycles. The van der Waals surface area contributed by atoms with Crippen LogP contribution < -0.4 is 5.32 Å². The number of nitrogens with one attached hydrogen (secondary N) is 1. The Morgan fingerprint density at radius 1 is 0.931 bits per heavy atom. The van der Waals surface area contributed by atoms with E-state index in [0.29, 0.717) is 5.76 Å². The molecule has 0 aliphatic heterocycles. The zero-order valence-corrected chi connectivity index (χ0v) is 14.7. The number of halogens is 3. The van der Waals surface area contributed by atoms with E-state index < -0.39 is 34.9 Å². The van der Waals surface area contributed by atoms with Crippen molar-refractivity contribution in [3.8, 4) is 11.3 Å². The number of benzene rings is 2. The molecule has 2 N–H and O–H groups in total. The van der Waals surface area contributed by atoms with Gasteiger partial charge in [-0.05, 0) is 24.3 Å². The fourth-order valence-electron chi connectivity index (χ4n) is 2.60. The highest BCUT2D eigenvalue weighted by molar-refractivity contribution is 6.03. The van der Waals surface area contributed by atoms with E-state index in [1.54, 1.807) is 30.3 Å². The number of carbonyl (C=O) groups excluding carboxylic acids is 1. The molecule has 0 unspecified atom stereocenters. The summed E-state index contributed by atoms with van der Waals surface area (Å²) in [4.78, 5) is 23.8. The molecule has 5 nitrogen and oxygen atoms in total. The molecule has 0 atom stereocenters. The molecule has 29 heavy (non-hydrogen) atoms. The molecule has 2 aromatic carbocycles. The van der Waals surface area contributed by atoms with Gasteiger partial charge in [-0.2, -0.15) is 13.2 Å². The van der Waals surface area contributed by atoms with Crippen LogP contribution in [-0.4, -0.2) is 17.0 Å². The first kappa shape index (κ1) is 19.9. The van der Waals surface area contributed by atoms with Crippen molar-refractivity contribution in [2.24, 2.45) is 0 Å². The molecule has 0 saturated heterocycles. The lowest BCUT2D eigenvalue weighted by Crippen LogP contribution is -2.29. The minimum absolute atomic E-state index is 0.116. The normalized spacial score (nSPS) is 11.9. The van der Waals surface area contributed by atoms with Crippen molar-refractivity contribution in [1.82, 2.24) is 5.32 Å². The fourth-order valence-corrected chi connectivity index (χ4v) is 2.60. The number of aliphatic carboxylic acids is 1. The number of carboxylic acids is 1. The van der Waals surface area contributed by atoms with Gasteiger partial charge >= 0.3 is 12.1 Å². The molecule has 1 amide bonds. The van der Waals surface area contributed by atoms with Gasteiger partial charge in [0.15, 0.2) is 0 Å². The summed E-state index contributed by atoms with van der Waals surface area (Å²) in [5.41, 5.74) is -1.71. The number of alkyl halides is 3. The zero-order valence-electron chi connectivity index (χ0n) is 14.7. The molecule has 1 aromatic heterocycles. The lowest BCUT2D eigenvalue weighted by molar-refractivity contribution is -0.138. The Bertz CT molecular complexity index is 1070. The number of furan rings is 1. The Labute approximate surface area is 163 Å². The second-order valence-electron chi connectivity index (χ2n) is 5.93. The van der Waals surface area contributed by atoms with Crippen LogP contribution in [0.1, 0.15) is 21.7 Å². The van der Waals surface area contributed by atoms with E-state index in [1.807, 2.05) is 11.4 Å². The molecule has 0 fully saturated rings. The molecule has 0 aliphatic rings. The Morgan fingerprint density at radius 3 is 2.24 bits per heavy atom. The number of carbonyl (C=O) groups is 2. The number of hydrogen-bond acceptors (Lipinski definition) is 3. The van der Waals surface area contributed by atoms with Crippen molar-refractivity contribution in [3.05, 3.63) is 89.3 Å². The molecule has 3 rings (SSSR count). The molecule has 1 heterocycles. The Hall–Kier alpha value is -3.81.